The standard InChI is InChI=1S/C24H21F3N4O3S/c1-34-18-11-9-16(10-12-18)22-30-21-8-3-2-7-20(21)23(31-22)28-13-14-29-35(32,33)19-6-4-5-17(15-19)24(25,26)27/h2-12,15,29H,13-14H2,1H3,(H,28,30,31). The molecule has 7 nitrogen and oxygen atoms in total. The van der Waals surface area contributed by atoms with E-state index in [1.807, 2.05) is 36.4 Å². The topological polar surface area (TPSA) is 93.2 Å². The molecule has 0 aliphatic rings. The fourth-order valence-electron chi connectivity index (χ4n) is 3.37. The molecule has 0 bridgehead atoms. The number of halogens is 3. The molecular formula is C24H21F3N4O3S. The van der Waals surface area contributed by atoms with Gasteiger partial charge in [-0.3, -0.25) is 0 Å². The van der Waals surface area contributed by atoms with Gasteiger partial charge in [-0.15, -0.1) is 0 Å². The van der Waals surface area contributed by atoms with Gasteiger partial charge in [0.05, 0.1) is 23.1 Å². The van der Waals surface area contributed by atoms with E-state index in [2.05, 4.69) is 20.0 Å². The third-order valence-electron chi connectivity index (χ3n) is 5.13. The smallest absolute Gasteiger partial charge is 0.416 e. The first-order valence-electron chi connectivity index (χ1n) is 10.5. The quantitative estimate of drug-likeness (QED) is 0.339. The van der Waals surface area contributed by atoms with Crippen LogP contribution in [0.3, 0.4) is 0 Å². The zero-order valence-electron chi connectivity index (χ0n) is 18.5. The number of para-hydroxylation sites is 1. The third kappa shape index (κ3) is 5.69. The first kappa shape index (κ1) is 24.4. The third-order valence-corrected chi connectivity index (χ3v) is 6.59. The molecule has 0 amide bonds. The molecule has 0 spiro atoms. The van der Waals surface area contributed by atoms with Crippen LogP contribution < -0.4 is 14.8 Å². The summed E-state index contributed by atoms with van der Waals surface area (Å²) in [4.78, 5) is 8.74. The highest BCUT2D eigenvalue weighted by atomic mass is 32.2. The van der Waals surface area contributed by atoms with Crippen LogP contribution >= 0.6 is 0 Å². The van der Waals surface area contributed by atoms with Crippen LogP contribution in [0.5, 0.6) is 5.75 Å². The summed E-state index contributed by atoms with van der Waals surface area (Å²) in [5, 5.41) is 3.84. The number of fused-ring (bicyclic) bond motifs is 1. The number of nitrogens with one attached hydrogen (secondary N) is 2. The van der Waals surface area contributed by atoms with E-state index in [0.717, 1.165) is 29.1 Å². The number of alkyl halides is 3. The van der Waals surface area contributed by atoms with Gasteiger partial charge >= 0.3 is 6.18 Å². The first-order chi connectivity index (χ1) is 16.7. The molecule has 182 valence electrons. The van der Waals surface area contributed by atoms with Crippen molar-refractivity contribution in [3.05, 3.63) is 78.4 Å². The van der Waals surface area contributed by atoms with Gasteiger partial charge in [-0.1, -0.05) is 18.2 Å². The molecule has 11 heteroatoms. The molecule has 3 aromatic carbocycles. The van der Waals surface area contributed by atoms with E-state index in [0.29, 0.717) is 29.0 Å². The predicted molar refractivity (Wildman–Crippen MR) is 127 cm³/mol. The Morgan fingerprint density at radius 2 is 1.66 bits per heavy atom. The van der Waals surface area contributed by atoms with Crippen LogP contribution in [-0.4, -0.2) is 38.6 Å². The molecule has 0 saturated carbocycles. The summed E-state index contributed by atoms with van der Waals surface area (Å²) >= 11 is 0. The highest BCUT2D eigenvalue weighted by Crippen LogP contribution is 2.30. The summed E-state index contributed by atoms with van der Waals surface area (Å²) < 4.78 is 71.3. The van der Waals surface area contributed by atoms with E-state index < -0.39 is 26.7 Å². The summed E-state index contributed by atoms with van der Waals surface area (Å²) in [7, 11) is -2.56. The maximum absolute atomic E-state index is 12.9. The molecular weight excluding hydrogens is 481 g/mol. The maximum Gasteiger partial charge on any atom is 0.416 e. The molecule has 0 aliphatic carbocycles. The Morgan fingerprint density at radius 1 is 0.914 bits per heavy atom. The van der Waals surface area contributed by atoms with Gasteiger partial charge in [0.25, 0.3) is 0 Å². The number of methoxy groups -OCH3 is 1. The highest BCUT2D eigenvalue weighted by Gasteiger charge is 2.31. The van der Waals surface area contributed by atoms with E-state index in [4.69, 9.17) is 4.74 Å². The number of benzene rings is 3. The Hall–Kier alpha value is -3.70. The Labute approximate surface area is 200 Å². The summed E-state index contributed by atoms with van der Waals surface area (Å²) in [6.45, 7) is 0.0655. The summed E-state index contributed by atoms with van der Waals surface area (Å²) in [5.74, 6) is 1.67. The van der Waals surface area contributed by atoms with Crippen LogP contribution in [0, 0.1) is 0 Å². The van der Waals surface area contributed by atoms with Crippen LogP contribution in [0.1, 0.15) is 5.56 Å². The average molecular weight is 503 g/mol. The molecule has 1 heterocycles. The van der Waals surface area contributed by atoms with Crippen LogP contribution in [0.2, 0.25) is 0 Å². The molecule has 1 aromatic heterocycles. The van der Waals surface area contributed by atoms with Crippen LogP contribution in [0.4, 0.5) is 19.0 Å². The van der Waals surface area contributed by atoms with Crippen molar-refractivity contribution in [1.29, 1.82) is 0 Å². The lowest BCUT2D eigenvalue weighted by Gasteiger charge is -2.13. The monoisotopic (exact) mass is 502 g/mol. The van der Waals surface area contributed by atoms with Gasteiger partial charge in [-0.25, -0.2) is 23.1 Å². The van der Waals surface area contributed by atoms with Gasteiger partial charge in [-0.2, -0.15) is 13.2 Å². The number of anilines is 1. The van der Waals surface area contributed by atoms with Crippen molar-refractivity contribution in [3.63, 3.8) is 0 Å². The van der Waals surface area contributed by atoms with Crippen molar-refractivity contribution in [2.24, 2.45) is 0 Å². The molecule has 0 atom stereocenters. The van der Waals surface area contributed by atoms with E-state index in [-0.39, 0.29) is 13.1 Å². The Bertz CT molecular complexity index is 1440. The lowest BCUT2D eigenvalue weighted by molar-refractivity contribution is -0.137. The zero-order valence-corrected chi connectivity index (χ0v) is 19.3. The lowest BCUT2D eigenvalue weighted by atomic mass is 10.1. The van der Waals surface area contributed by atoms with Crippen molar-refractivity contribution in [2.45, 2.75) is 11.1 Å². The van der Waals surface area contributed by atoms with Gasteiger partial charge in [-0.05, 0) is 54.6 Å². The Kier molecular flexibility index (Phi) is 6.90. The molecule has 35 heavy (non-hydrogen) atoms. The predicted octanol–water partition coefficient (Wildman–Crippen LogP) is 4.71. The number of nitrogens with zero attached hydrogens (tertiary/aromatic N) is 2. The fraction of sp³-hybridized carbons (Fsp3) is 0.167. The van der Waals surface area contributed by atoms with Gasteiger partial charge in [0, 0.05) is 24.0 Å². The van der Waals surface area contributed by atoms with E-state index in [9.17, 15) is 21.6 Å². The number of ether oxygens (including phenoxy) is 1. The molecule has 0 fully saturated rings. The average Bonchev–Trinajstić information content (AvgIpc) is 2.86. The second kappa shape index (κ2) is 9.88. The molecule has 0 radical (unpaired) electrons. The summed E-state index contributed by atoms with van der Waals surface area (Å²) in [6.07, 6.45) is -4.64. The molecule has 4 aromatic rings. The highest BCUT2D eigenvalue weighted by molar-refractivity contribution is 7.89. The number of aromatic nitrogens is 2. The van der Waals surface area contributed by atoms with Crippen molar-refractivity contribution < 1.29 is 26.3 Å². The van der Waals surface area contributed by atoms with Gasteiger partial charge in [0.2, 0.25) is 10.0 Å². The SMILES string of the molecule is COc1ccc(-c2nc(NCCNS(=O)(=O)c3cccc(C(F)(F)F)c3)c3ccccc3n2)cc1. The van der Waals surface area contributed by atoms with Gasteiger partial charge < -0.3 is 10.1 Å². The van der Waals surface area contributed by atoms with Gasteiger partial charge in [0.15, 0.2) is 5.82 Å². The normalized spacial score (nSPS) is 12.0. The fourth-order valence-corrected chi connectivity index (χ4v) is 4.45. The molecule has 4 rings (SSSR count). The van der Waals surface area contributed by atoms with Crippen molar-refractivity contribution >= 4 is 26.7 Å². The van der Waals surface area contributed by atoms with E-state index >= 15 is 0 Å². The van der Waals surface area contributed by atoms with E-state index in [1.165, 1.54) is 0 Å². The number of sulfonamides is 1. The number of rotatable bonds is 8. The second-order valence-corrected chi connectivity index (χ2v) is 9.26. The summed E-state index contributed by atoms with van der Waals surface area (Å²) in [6, 6.07) is 18.2. The van der Waals surface area contributed by atoms with Crippen molar-refractivity contribution in [1.82, 2.24) is 14.7 Å². The minimum atomic E-state index is -4.64. The second-order valence-electron chi connectivity index (χ2n) is 7.49. The van der Waals surface area contributed by atoms with Crippen LogP contribution in [0.25, 0.3) is 22.3 Å². The number of hydrogen-bond acceptors (Lipinski definition) is 6. The largest absolute Gasteiger partial charge is 0.497 e. The maximum atomic E-state index is 12.9. The molecule has 0 saturated heterocycles. The minimum Gasteiger partial charge on any atom is -0.497 e. The van der Waals surface area contributed by atoms with Crippen molar-refractivity contribution in [2.75, 3.05) is 25.5 Å². The molecule has 2 N–H and O–H groups in total. The first-order valence-corrected chi connectivity index (χ1v) is 12.0. The molecule has 0 aliphatic heterocycles. The lowest BCUT2D eigenvalue weighted by Crippen LogP contribution is -2.29. The van der Waals surface area contributed by atoms with Crippen LogP contribution in [0.15, 0.2) is 77.7 Å². The van der Waals surface area contributed by atoms with E-state index in [1.54, 1.807) is 19.2 Å². The summed E-state index contributed by atoms with van der Waals surface area (Å²) in [5.41, 5.74) is 0.433. The number of hydrogen-bond donors (Lipinski definition) is 2. The Balaban J connectivity index is 1.50. The van der Waals surface area contributed by atoms with Crippen molar-refractivity contribution in [3.8, 4) is 17.1 Å². The van der Waals surface area contributed by atoms with Crippen LogP contribution in [-0.2, 0) is 16.2 Å². The van der Waals surface area contributed by atoms with Gasteiger partial charge in [0.1, 0.15) is 11.6 Å². The minimum absolute atomic E-state index is 0.0746. The molecule has 0 unspecified atom stereocenters. The Morgan fingerprint density at radius 3 is 2.37 bits per heavy atom. The zero-order chi connectivity index (χ0) is 25.1.